The third kappa shape index (κ3) is 4.94. The van der Waals surface area contributed by atoms with Crippen LogP contribution in [0.4, 0.5) is 5.69 Å². The number of thiophene rings is 1. The van der Waals surface area contributed by atoms with Crippen molar-refractivity contribution < 1.29 is 4.79 Å². The molecule has 0 saturated heterocycles. The number of nitrogens with two attached hydrogens (primary N) is 2. The molecule has 134 valence electrons. The number of amides is 1. The van der Waals surface area contributed by atoms with Gasteiger partial charge in [-0.15, -0.1) is 23.7 Å². The molecule has 2 aromatic carbocycles. The van der Waals surface area contributed by atoms with Crippen LogP contribution in [0, 0.1) is 0 Å². The summed E-state index contributed by atoms with van der Waals surface area (Å²) >= 11 is 1.57. The molecule has 0 atom stereocenters. The van der Waals surface area contributed by atoms with Crippen molar-refractivity contribution in [3.63, 3.8) is 0 Å². The van der Waals surface area contributed by atoms with Gasteiger partial charge in [-0.25, -0.2) is 4.99 Å². The van der Waals surface area contributed by atoms with Crippen molar-refractivity contribution in [1.29, 1.82) is 0 Å². The summed E-state index contributed by atoms with van der Waals surface area (Å²) in [7, 11) is 0. The molecule has 0 aliphatic heterocycles. The van der Waals surface area contributed by atoms with E-state index < -0.39 is 0 Å². The van der Waals surface area contributed by atoms with Crippen molar-refractivity contribution in [2.45, 2.75) is 12.8 Å². The Balaban J connectivity index is 0.00000243. The van der Waals surface area contributed by atoms with Gasteiger partial charge in [-0.05, 0) is 53.6 Å². The van der Waals surface area contributed by atoms with Crippen molar-refractivity contribution in [3.8, 4) is 0 Å². The molecule has 1 heterocycles. The molecule has 1 amide bonds. The number of carbonyl (C=O) groups excluding carboxylic acids is 1. The van der Waals surface area contributed by atoms with E-state index >= 15 is 0 Å². The Morgan fingerprint density at radius 3 is 2.31 bits per heavy atom. The van der Waals surface area contributed by atoms with E-state index in [4.69, 9.17) is 11.5 Å². The number of aliphatic imine (C=N–C) groups is 1. The average molecular weight is 386 g/mol. The first-order chi connectivity index (χ1) is 12.1. The lowest BCUT2D eigenvalue weighted by molar-refractivity contribution is 0.0999. The van der Waals surface area contributed by atoms with E-state index in [9.17, 15) is 4.79 Å². The predicted molar refractivity (Wildman–Crippen MR) is 111 cm³/mol. The van der Waals surface area contributed by atoms with E-state index in [0.29, 0.717) is 11.4 Å². The molecular weight excluding hydrogens is 366 g/mol. The second-order valence-corrected chi connectivity index (χ2v) is 6.61. The second kappa shape index (κ2) is 9.17. The zero-order chi connectivity index (χ0) is 17.6. The van der Waals surface area contributed by atoms with Gasteiger partial charge in [-0.1, -0.05) is 36.4 Å². The van der Waals surface area contributed by atoms with Crippen LogP contribution in [0.2, 0.25) is 0 Å². The van der Waals surface area contributed by atoms with Gasteiger partial charge in [0.1, 0.15) is 5.84 Å². The molecule has 0 unspecified atom stereocenters. The van der Waals surface area contributed by atoms with Crippen LogP contribution in [0.25, 0.3) is 0 Å². The summed E-state index contributed by atoms with van der Waals surface area (Å²) in [5.74, 6) is 0.141. The van der Waals surface area contributed by atoms with E-state index in [1.54, 1.807) is 17.4 Å². The topological polar surface area (TPSA) is 81.5 Å². The van der Waals surface area contributed by atoms with Crippen LogP contribution in [0.5, 0.6) is 0 Å². The number of benzene rings is 2. The lowest BCUT2D eigenvalue weighted by Gasteiger charge is -2.07. The van der Waals surface area contributed by atoms with Crippen LogP contribution < -0.4 is 11.5 Å². The Morgan fingerprint density at radius 2 is 1.65 bits per heavy atom. The Hall–Kier alpha value is -2.63. The molecule has 0 aliphatic carbocycles. The Bertz CT molecular complexity index is 890. The summed E-state index contributed by atoms with van der Waals surface area (Å²) in [6.45, 7) is 0. The number of carbonyl (C=O) groups is 1. The fourth-order valence-corrected chi connectivity index (χ4v) is 3.24. The number of primary amides is 1. The highest BCUT2D eigenvalue weighted by atomic mass is 35.5. The van der Waals surface area contributed by atoms with E-state index in [-0.39, 0.29) is 18.3 Å². The van der Waals surface area contributed by atoms with Gasteiger partial charge in [0.2, 0.25) is 5.91 Å². The highest BCUT2D eigenvalue weighted by Crippen LogP contribution is 2.18. The molecule has 3 rings (SSSR count). The first-order valence-electron chi connectivity index (χ1n) is 7.98. The van der Waals surface area contributed by atoms with Gasteiger partial charge in [0, 0.05) is 5.56 Å². The third-order valence-electron chi connectivity index (χ3n) is 3.93. The minimum absolute atomic E-state index is 0. The van der Waals surface area contributed by atoms with E-state index in [1.165, 1.54) is 5.56 Å². The van der Waals surface area contributed by atoms with Crippen molar-refractivity contribution >= 4 is 41.2 Å². The molecule has 0 aliphatic rings. The summed E-state index contributed by atoms with van der Waals surface area (Å²) in [5, 5.41) is 1.98. The Morgan fingerprint density at radius 1 is 0.923 bits per heavy atom. The maximum atomic E-state index is 11.5. The van der Waals surface area contributed by atoms with Crippen LogP contribution >= 0.6 is 23.7 Å². The summed E-state index contributed by atoms with van der Waals surface area (Å²) in [5.41, 5.74) is 15.0. The van der Waals surface area contributed by atoms with Gasteiger partial charge in [0.05, 0.1) is 10.6 Å². The zero-order valence-corrected chi connectivity index (χ0v) is 15.7. The molecule has 0 bridgehead atoms. The minimum atomic E-state index is -0.385. The van der Waals surface area contributed by atoms with Gasteiger partial charge in [0.15, 0.2) is 0 Å². The maximum absolute atomic E-state index is 11.5. The smallest absolute Gasteiger partial charge is 0.248 e. The number of aryl methyl sites for hydroxylation is 2. The first kappa shape index (κ1) is 19.7. The molecule has 1 aromatic heterocycles. The highest BCUT2D eigenvalue weighted by molar-refractivity contribution is 7.12. The standard InChI is InChI=1S/C20H19N3OS.ClH/c21-19(18-6-3-13-25-18)23-16-11-8-14(9-12-16)7-10-15-4-1-2-5-17(15)20(22)24;/h1-6,8-9,11-13H,7,10H2,(H2,21,23)(H2,22,24);1H. The third-order valence-corrected chi connectivity index (χ3v) is 4.82. The van der Waals surface area contributed by atoms with Crippen LogP contribution in [0.3, 0.4) is 0 Å². The number of nitrogens with zero attached hydrogens (tertiary/aromatic N) is 1. The number of hydrogen-bond acceptors (Lipinski definition) is 3. The van der Waals surface area contributed by atoms with Crippen molar-refractivity contribution in [2.75, 3.05) is 0 Å². The van der Waals surface area contributed by atoms with Gasteiger partial charge in [-0.2, -0.15) is 0 Å². The number of halogens is 1. The minimum Gasteiger partial charge on any atom is -0.383 e. The quantitative estimate of drug-likeness (QED) is 0.495. The van der Waals surface area contributed by atoms with Crippen molar-refractivity contribution in [3.05, 3.63) is 87.6 Å². The van der Waals surface area contributed by atoms with Gasteiger partial charge < -0.3 is 11.5 Å². The van der Waals surface area contributed by atoms with Gasteiger partial charge in [0.25, 0.3) is 0 Å². The van der Waals surface area contributed by atoms with E-state index in [0.717, 1.165) is 29.0 Å². The number of amidine groups is 1. The summed E-state index contributed by atoms with van der Waals surface area (Å²) in [4.78, 5) is 16.9. The first-order valence-corrected chi connectivity index (χ1v) is 8.86. The molecule has 3 aromatic rings. The monoisotopic (exact) mass is 385 g/mol. The Kier molecular flexibility index (Phi) is 6.95. The van der Waals surface area contributed by atoms with E-state index in [1.807, 2.05) is 60.0 Å². The molecule has 6 heteroatoms. The largest absolute Gasteiger partial charge is 0.383 e. The fraction of sp³-hybridized carbons (Fsp3) is 0.100. The van der Waals surface area contributed by atoms with Gasteiger partial charge in [-0.3, -0.25) is 4.79 Å². The lowest BCUT2D eigenvalue weighted by atomic mass is 9.99. The maximum Gasteiger partial charge on any atom is 0.248 e. The average Bonchev–Trinajstić information content (AvgIpc) is 3.16. The number of rotatable bonds is 6. The lowest BCUT2D eigenvalue weighted by Crippen LogP contribution is -2.13. The Labute approximate surface area is 163 Å². The molecule has 0 radical (unpaired) electrons. The van der Waals surface area contributed by atoms with Crippen molar-refractivity contribution in [2.24, 2.45) is 16.5 Å². The van der Waals surface area contributed by atoms with Gasteiger partial charge >= 0.3 is 0 Å². The number of hydrogen-bond donors (Lipinski definition) is 2. The molecule has 0 fully saturated rings. The summed E-state index contributed by atoms with van der Waals surface area (Å²) in [6.07, 6.45) is 1.59. The molecule has 4 nitrogen and oxygen atoms in total. The summed E-state index contributed by atoms with van der Waals surface area (Å²) in [6, 6.07) is 19.3. The summed E-state index contributed by atoms with van der Waals surface area (Å²) < 4.78 is 0. The molecular formula is C20H20ClN3OS. The second-order valence-electron chi connectivity index (χ2n) is 5.66. The van der Waals surface area contributed by atoms with E-state index in [2.05, 4.69) is 4.99 Å². The zero-order valence-electron chi connectivity index (χ0n) is 14.1. The molecule has 0 spiro atoms. The highest BCUT2D eigenvalue weighted by Gasteiger charge is 2.07. The van der Waals surface area contributed by atoms with Crippen molar-refractivity contribution in [1.82, 2.24) is 0 Å². The normalized spacial score (nSPS) is 11.0. The molecule has 26 heavy (non-hydrogen) atoms. The van der Waals surface area contributed by atoms with Crippen LogP contribution in [0.15, 0.2) is 71.0 Å². The van der Waals surface area contributed by atoms with Crippen LogP contribution in [0.1, 0.15) is 26.4 Å². The molecule has 4 N–H and O–H groups in total. The SMILES string of the molecule is Cl.NC(=O)c1ccccc1CCc1ccc(N=C(N)c2cccs2)cc1. The fourth-order valence-electron chi connectivity index (χ4n) is 2.61. The predicted octanol–water partition coefficient (Wildman–Crippen LogP) is 4.09. The van der Waals surface area contributed by atoms with Crippen LogP contribution in [-0.4, -0.2) is 11.7 Å². The van der Waals surface area contributed by atoms with Crippen LogP contribution in [-0.2, 0) is 12.8 Å². The molecule has 0 saturated carbocycles.